The zero-order valence-corrected chi connectivity index (χ0v) is 14.1. The first-order chi connectivity index (χ1) is 10.6. The maximum absolute atomic E-state index is 12.1. The fourth-order valence-corrected chi connectivity index (χ4v) is 5.22. The molecule has 2 unspecified atom stereocenters. The van der Waals surface area contributed by atoms with E-state index in [0.717, 1.165) is 45.2 Å². The van der Waals surface area contributed by atoms with Crippen LogP contribution in [0.3, 0.4) is 0 Å². The lowest BCUT2D eigenvalue weighted by Gasteiger charge is -2.43. The Morgan fingerprint density at radius 2 is 2.09 bits per heavy atom. The summed E-state index contributed by atoms with van der Waals surface area (Å²) in [6.07, 6.45) is 4.57. The molecule has 0 aromatic heterocycles. The first-order valence-corrected chi connectivity index (χ1v) is 10.1. The van der Waals surface area contributed by atoms with Crippen molar-refractivity contribution in [3.63, 3.8) is 0 Å². The Morgan fingerprint density at radius 1 is 1.27 bits per heavy atom. The van der Waals surface area contributed by atoms with Crippen LogP contribution in [-0.2, 0) is 16.4 Å². The van der Waals surface area contributed by atoms with Crippen LogP contribution in [0.1, 0.15) is 49.8 Å². The molecule has 1 fully saturated rings. The van der Waals surface area contributed by atoms with Gasteiger partial charge in [0.15, 0.2) is 0 Å². The third-order valence-electron chi connectivity index (χ3n) is 4.91. The van der Waals surface area contributed by atoms with Gasteiger partial charge in [-0.3, -0.25) is 4.90 Å². The number of rotatable bonds is 5. The molecule has 2 aliphatic rings. The number of hydrogen-bond donors (Lipinski definition) is 1. The van der Waals surface area contributed by atoms with E-state index < -0.39 is 10.0 Å². The molecule has 0 spiro atoms. The van der Waals surface area contributed by atoms with Gasteiger partial charge in [0.25, 0.3) is 0 Å². The van der Waals surface area contributed by atoms with Gasteiger partial charge in [0.05, 0.1) is 5.75 Å². The van der Waals surface area contributed by atoms with E-state index in [9.17, 15) is 8.42 Å². The molecule has 2 heterocycles. The molecule has 1 saturated heterocycles. The van der Waals surface area contributed by atoms with Gasteiger partial charge in [-0.2, -0.15) is 0 Å². The van der Waals surface area contributed by atoms with Crippen molar-refractivity contribution in [1.29, 1.82) is 0 Å². The summed E-state index contributed by atoms with van der Waals surface area (Å²) in [4.78, 5) is 2.51. The molecule has 0 saturated carbocycles. The molecular weight excluding hydrogens is 296 g/mol. The number of sulfonamides is 1. The molecule has 2 atom stereocenters. The average Bonchev–Trinajstić information content (AvgIpc) is 2.52. The van der Waals surface area contributed by atoms with E-state index in [-0.39, 0.29) is 11.8 Å². The fourth-order valence-electron chi connectivity index (χ4n) is 3.71. The topological polar surface area (TPSA) is 49.4 Å². The number of fused-ring (bicyclic) bond motifs is 3. The second-order valence-electron chi connectivity index (χ2n) is 6.51. The van der Waals surface area contributed by atoms with Crippen molar-refractivity contribution in [1.82, 2.24) is 9.62 Å². The van der Waals surface area contributed by atoms with Gasteiger partial charge in [-0.25, -0.2) is 13.1 Å². The summed E-state index contributed by atoms with van der Waals surface area (Å²) < 4.78 is 27.2. The van der Waals surface area contributed by atoms with Gasteiger partial charge in [0.1, 0.15) is 0 Å². The van der Waals surface area contributed by atoms with Crippen LogP contribution in [-0.4, -0.2) is 38.2 Å². The first-order valence-electron chi connectivity index (χ1n) is 8.41. The van der Waals surface area contributed by atoms with Gasteiger partial charge < -0.3 is 0 Å². The molecule has 3 rings (SSSR count). The van der Waals surface area contributed by atoms with Crippen LogP contribution in [0.15, 0.2) is 24.3 Å². The van der Waals surface area contributed by atoms with E-state index in [2.05, 4.69) is 33.9 Å². The van der Waals surface area contributed by atoms with Crippen LogP contribution in [0.5, 0.6) is 0 Å². The molecular formula is C17H26N2O2S. The van der Waals surface area contributed by atoms with Gasteiger partial charge >= 0.3 is 0 Å². The SMILES string of the molecule is CCCCS(=O)(=O)NC1CCN2CCc3ccccc3C2C1. The van der Waals surface area contributed by atoms with Crippen molar-refractivity contribution in [3.05, 3.63) is 35.4 Å². The highest BCUT2D eigenvalue weighted by atomic mass is 32.2. The van der Waals surface area contributed by atoms with Crippen molar-refractivity contribution in [2.24, 2.45) is 0 Å². The zero-order valence-electron chi connectivity index (χ0n) is 13.3. The number of nitrogens with zero attached hydrogens (tertiary/aromatic N) is 1. The highest BCUT2D eigenvalue weighted by Crippen LogP contribution is 2.36. The Kier molecular flexibility index (Phi) is 4.85. The van der Waals surface area contributed by atoms with Crippen LogP contribution >= 0.6 is 0 Å². The van der Waals surface area contributed by atoms with E-state index in [1.165, 1.54) is 11.1 Å². The van der Waals surface area contributed by atoms with Crippen molar-refractivity contribution in [3.8, 4) is 0 Å². The van der Waals surface area contributed by atoms with Crippen molar-refractivity contribution in [2.75, 3.05) is 18.8 Å². The molecule has 1 aromatic rings. The van der Waals surface area contributed by atoms with Crippen molar-refractivity contribution < 1.29 is 8.42 Å². The molecule has 22 heavy (non-hydrogen) atoms. The second kappa shape index (κ2) is 6.69. The van der Waals surface area contributed by atoms with Gasteiger partial charge in [0, 0.05) is 25.2 Å². The molecule has 5 heteroatoms. The van der Waals surface area contributed by atoms with E-state index >= 15 is 0 Å². The van der Waals surface area contributed by atoms with E-state index in [0.29, 0.717) is 6.04 Å². The summed E-state index contributed by atoms with van der Waals surface area (Å²) in [6, 6.07) is 9.06. The Hall–Kier alpha value is -0.910. The fraction of sp³-hybridized carbons (Fsp3) is 0.647. The molecule has 0 bridgehead atoms. The van der Waals surface area contributed by atoms with E-state index in [1.54, 1.807) is 0 Å². The maximum Gasteiger partial charge on any atom is 0.211 e. The van der Waals surface area contributed by atoms with Gasteiger partial charge in [-0.15, -0.1) is 0 Å². The van der Waals surface area contributed by atoms with Crippen molar-refractivity contribution >= 4 is 10.0 Å². The third-order valence-corrected chi connectivity index (χ3v) is 6.43. The number of hydrogen-bond acceptors (Lipinski definition) is 3. The lowest BCUT2D eigenvalue weighted by molar-refractivity contribution is 0.122. The molecule has 2 aliphatic heterocycles. The Balaban J connectivity index is 1.70. The molecule has 0 radical (unpaired) electrons. The normalized spacial score (nSPS) is 25.5. The Labute approximate surface area is 134 Å². The standard InChI is InChI=1S/C17H26N2O2S/c1-2-3-12-22(20,21)18-15-9-11-19-10-8-14-6-4-5-7-16(14)17(19)13-15/h4-7,15,17-18H,2-3,8-13H2,1H3. The lowest BCUT2D eigenvalue weighted by atomic mass is 9.85. The first kappa shape index (κ1) is 16.0. The summed E-state index contributed by atoms with van der Waals surface area (Å²) in [6.45, 7) is 4.10. The quantitative estimate of drug-likeness (QED) is 0.906. The van der Waals surface area contributed by atoms with Gasteiger partial charge in [-0.1, -0.05) is 37.6 Å². The summed E-state index contributed by atoms with van der Waals surface area (Å²) in [5, 5.41) is 0. The minimum atomic E-state index is -3.13. The third kappa shape index (κ3) is 3.53. The van der Waals surface area contributed by atoms with Crippen LogP contribution in [0.25, 0.3) is 0 Å². The molecule has 1 aromatic carbocycles. The smallest absolute Gasteiger partial charge is 0.211 e. The lowest BCUT2D eigenvalue weighted by Crippen LogP contribution is -2.48. The predicted octanol–water partition coefficient (Wildman–Crippen LogP) is 2.47. The van der Waals surface area contributed by atoms with Crippen LogP contribution < -0.4 is 4.72 Å². The largest absolute Gasteiger partial charge is 0.296 e. The van der Waals surface area contributed by atoms with Gasteiger partial charge in [-0.05, 0) is 36.8 Å². The number of nitrogens with one attached hydrogen (secondary N) is 1. The predicted molar refractivity (Wildman–Crippen MR) is 89.3 cm³/mol. The monoisotopic (exact) mass is 322 g/mol. The van der Waals surface area contributed by atoms with Crippen LogP contribution in [0, 0.1) is 0 Å². The number of unbranched alkanes of at least 4 members (excludes halogenated alkanes) is 1. The number of piperidine rings is 1. The molecule has 0 aliphatic carbocycles. The molecule has 4 nitrogen and oxygen atoms in total. The summed E-state index contributed by atoms with van der Waals surface area (Å²) >= 11 is 0. The van der Waals surface area contributed by atoms with Crippen molar-refractivity contribution in [2.45, 2.75) is 51.1 Å². The van der Waals surface area contributed by atoms with Crippen LogP contribution in [0.4, 0.5) is 0 Å². The number of benzene rings is 1. The molecule has 1 N–H and O–H groups in total. The highest BCUT2D eigenvalue weighted by Gasteiger charge is 2.34. The van der Waals surface area contributed by atoms with E-state index in [4.69, 9.17) is 0 Å². The summed E-state index contributed by atoms with van der Waals surface area (Å²) in [5.41, 5.74) is 2.82. The Morgan fingerprint density at radius 3 is 2.91 bits per heavy atom. The zero-order chi connectivity index (χ0) is 15.6. The van der Waals surface area contributed by atoms with Crippen LogP contribution in [0.2, 0.25) is 0 Å². The second-order valence-corrected chi connectivity index (χ2v) is 8.39. The summed E-state index contributed by atoms with van der Waals surface area (Å²) in [5.74, 6) is 0.255. The minimum absolute atomic E-state index is 0.0780. The maximum atomic E-state index is 12.1. The molecule has 122 valence electrons. The summed E-state index contributed by atoms with van der Waals surface area (Å²) in [7, 11) is -3.13. The minimum Gasteiger partial charge on any atom is -0.296 e. The average molecular weight is 322 g/mol. The molecule has 0 amide bonds. The Bertz CT molecular complexity index is 615. The highest BCUT2D eigenvalue weighted by molar-refractivity contribution is 7.89. The van der Waals surface area contributed by atoms with Gasteiger partial charge in [0.2, 0.25) is 10.0 Å². The van der Waals surface area contributed by atoms with E-state index in [1.807, 2.05) is 6.92 Å².